The Hall–Kier alpha value is -2.23. The number of carbonyl (C=O) groups is 1. The van der Waals surface area contributed by atoms with E-state index in [4.69, 9.17) is 14.3 Å². The van der Waals surface area contributed by atoms with Crippen LogP contribution in [0.1, 0.15) is 21.9 Å². The lowest BCUT2D eigenvalue weighted by molar-refractivity contribution is 0.0658. The van der Waals surface area contributed by atoms with Crippen molar-refractivity contribution in [3.8, 4) is 5.75 Å². The minimum atomic E-state index is -1.08. The highest BCUT2D eigenvalue weighted by Gasteiger charge is 2.09. The second-order valence-corrected chi connectivity index (χ2v) is 3.63. The zero-order chi connectivity index (χ0) is 12.3. The molecule has 1 aromatic heterocycles. The van der Waals surface area contributed by atoms with Gasteiger partial charge in [-0.25, -0.2) is 4.79 Å². The standard InChI is InChI=1S/C13H12O4/c1-9-4-2-3-5-11(9)16-8-10-6-7-12(17-10)13(14)15/h2-7H,8H2,1H3,(H,14,15). The Morgan fingerprint density at radius 1 is 1.29 bits per heavy atom. The first-order valence-electron chi connectivity index (χ1n) is 5.17. The molecule has 4 nitrogen and oxygen atoms in total. The van der Waals surface area contributed by atoms with Crippen LogP contribution in [-0.2, 0) is 6.61 Å². The summed E-state index contributed by atoms with van der Waals surface area (Å²) in [6.45, 7) is 2.16. The lowest BCUT2D eigenvalue weighted by Gasteiger charge is -2.06. The van der Waals surface area contributed by atoms with E-state index in [9.17, 15) is 4.79 Å². The second kappa shape index (κ2) is 4.74. The predicted molar refractivity (Wildman–Crippen MR) is 61.2 cm³/mol. The molecule has 0 spiro atoms. The predicted octanol–water partition coefficient (Wildman–Crippen LogP) is 2.87. The van der Waals surface area contributed by atoms with E-state index in [2.05, 4.69) is 0 Å². The SMILES string of the molecule is Cc1ccccc1OCc1ccc(C(=O)O)o1. The van der Waals surface area contributed by atoms with Crippen molar-refractivity contribution in [1.29, 1.82) is 0 Å². The smallest absolute Gasteiger partial charge is 0.371 e. The summed E-state index contributed by atoms with van der Waals surface area (Å²) < 4.78 is 10.6. The van der Waals surface area contributed by atoms with Crippen molar-refractivity contribution in [1.82, 2.24) is 0 Å². The monoisotopic (exact) mass is 232 g/mol. The number of rotatable bonds is 4. The molecule has 0 saturated carbocycles. The van der Waals surface area contributed by atoms with Crippen LogP contribution >= 0.6 is 0 Å². The van der Waals surface area contributed by atoms with Crippen molar-refractivity contribution in [2.24, 2.45) is 0 Å². The number of hydrogen-bond donors (Lipinski definition) is 1. The van der Waals surface area contributed by atoms with Gasteiger partial charge in [0.2, 0.25) is 5.76 Å². The topological polar surface area (TPSA) is 59.7 Å². The molecule has 0 bridgehead atoms. The molecule has 4 heteroatoms. The first kappa shape index (κ1) is 11.3. The maximum absolute atomic E-state index is 10.6. The molecule has 2 aromatic rings. The number of furan rings is 1. The minimum absolute atomic E-state index is 0.0756. The molecule has 1 heterocycles. The third-order valence-corrected chi connectivity index (χ3v) is 2.34. The van der Waals surface area contributed by atoms with Crippen molar-refractivity contribution in [2.75, 3.05) is 0 Å². The van der Waals surface area contributed by atoms with Crippen LogP contribution < -0.4 is 4.74 Å². The molecule has 0 atom stereocenters. The lowest BCUT2D eigenvalue weighted by atomic mass is 10.2. The van der Waals surface area contributed by atoms with Crippen LogP contribution in [0.15, 0.2) is 40.8 Å². The average molecular weight is 232 g/mol. The van der Waals surface area contributed by atoms with Gasteiger partial charge in [0.1, 0.15) is 18.1 Å². The van der Waals surface area contributed by atoms with Gasteiger partial charge >= 0.3 is 5.97 Å². The van der Waals surface area contributed by atoms with E-state index in [1.807, 2.05) is 31.2 Å². The van der Waals surface area contributed by atoms with Gasteiger partial charge in [-0.2, -0.15) is 0 Å². The number of aromatic carboxylic acids is 1. The van der Waals surface area contributed by atoms with Crippen LogP contribution in [0.25, 0.3) is 0 Å². The number of hydrogen-bond acceptors (Lipinski definition) is 3. The quantitative estimate of drug-likeness (QED) is 0.880. The summed E-state index contributed by atoms with van der Waals surface area (Å²) in [5.41, 5.74) is 1.03. The highest BCUT2D eigenvalue weighted by atomic mass is 16.5. The fourth-order valence-corrected chi connectivity index (χ4v) is 1.44. The Morgan fingerprint density at radius 2 is 2.06 bits per heavy atom. The second-order valence-electron chi connectivity index (χ2n) is 3.63. The summed E-state index contributed by atoms with van der Waals surface area (Å²) in [5, 5.41) is 8.69. The highest BCUT2D eigenvalue weighted by Crippen LogP contribution is 2.18. The number of aryl methyl sites for hydroxylation is 1. The fraction of sp³-hybridized carbons (Fsp3) is 0.154. The number of carboxylic acids is 1. The number of benzene rings is 1. The van der Waals surface area contributed by atoms with Gasteiger partial charge in [0.15, 0.2) is 0 Å². The van der Waals surface area contributed by atoms with Gasteiger partial charge in [-0.3, -0.25) is 0 Å². The zero-order valence-corrected chi connectivity index (χ0v) is 9.34. The van der Waals surface area contributed by atoms with Gasteiger partial charge in [0.05, 0.1) is 0 Å². The summed E-state index contributed by atoms with van der Waals surface area (Å²) >= 11 is 0. The van der Waals surface area contributed by atoms with E-state index in [1.54, 1.807) is 6.07 Å². The van der Waals surface area contributed by atoms with Gasteiger partial charge in [-0.05, 0) is 30.7 Å². The molecule has 2 rings (SSSR count). The highest BCUT2D eigenvalue weighted by molar-refractivity contribution is 5.84. The van der Waals surface area contributed by atoms with Crippen LogP contribution in [0, 0.1) is 6.92 Å². The van der Waals surface area contributed by atoms with Crippen LogP contribution in [0.5, 0.6) is 5.75 Å². The first-order chi connectivity index (χ1) is 8.16. The number of para-hydroxylation sites is 1. The fourth-order valence-electron chi connectivity index (χ4n) is 1.44. The van der Waals surface area contributed by atoms with Crippen molar-refractivity contribution in [2.45, 2.75) is 13.5 Å². The molecule has 0 aliphatic carbocycles. The van der Waals surface area contributed by atoms with E-state index in [0.29, 0.717) is 5.76 Å². The summed E-state index contributed by atoms with van der Waals surface area (Å²) in [6, 6.07) is 10.6. The Balaban J connectivity index is 2.02. The van der Waals surface area contributed by atoms with Gasteiger partial charge < -0.3 is 14.3 Å². The molecule has 0 unspecified atom stereocenters. The van der Waals surface area contributed by atoms with Crippen molar-refractivity contribution >= 4 is 5.97 Å². The Labute approximate surface area is 98.4 Å². The van der Waals surface area contributed by atoms with E-state index in [1.165, 1.54) is 6.07 Å². The van der Waals surface area contributed by atoms with Crippen molar-refractivity contribution < 1.29 is 19.1 Å². The Kier molecular flexibility index (Phi) is 3.14. The number of ether oxygens (including phenoxy) is 1. The first-order valence-corrected chi connectivity index (χ1v) is 5.17. The van der Waals surface area contributed by atoms with E-state index >= 15 is 0 Å². The molecule has 0 saturated heterocycles. The molecule has 0 amide bonds. The Bertz CT molecular complexity index is 528. The van der Waals surface area contributed by atoms with Crippen LogP contribution in [-0.4, -0.2) is 11.1 Å². The molecule has 88 valence electrons. The molecule has 0 fully saturated rings. The number of carboxylic acid groups (broad SMARTS) is 1. The van der Waals surface area contributed by atoms with E-state index < -0.39 is 5.97 Å². The molecular formula is C13H12O4. The van der Waals surface area contributed by atoms with Gasteiger partial charge in [-0.1, -0.05) is 18.2 Å². The van der Waals surface area contributed by atoms with Crippen LogP contribution in [0.4, 0.5) is 0 Å². The largest absolute Gasteiger partial charge is 0.485 e. The summed E-state index contributed by atoms with van der Waals surface area (Å²) in [4.78, 5) is 10.6. The molecule has 0 radical (unpaired) electrons. The maximum atomic E-state index is 10.6. The van der Waals surface area contributed by atoms with E-state index in [-0.39, 0.29) is 12.4 Å². The normalized spacial score (nSPS) is 10.2. The minimum Gasteiger partial charge on any atom is -0.485 e. The molecule has 17 heavy (non-hydrogen) atoms. The van der Waals surface area contributed by atoms with Gasteiger partial charge in [-0.15, -0.1) is 0 Å². The maximum Gasteiger partial charge on any atom is 0.371 e. The average Bonchev–Trinajstić information content (AvgIpc) is 2.77. The molecular weight excluding hydrogens is 220 g/mol. The zero-order valence-electron chi connectivity index (χ0n) is 9.34. The third-order valence-electron chi connectivity index (χ3n) is 2.34. The van der Waals surface area contributed by atoms with Crippen molar-refractivity contribution in [3.63, 3.8) is 0 Å². The molecule has 1 N–H and O–H groups in total. The molecule has 0 aliphatic rings. The van der Waals surface area contributed by atoms with Gasteiger partial charge in [0, 0.05) is 0 Å². The summed E-state index contributed by atoms with van der Waals surface area (Å²) in [7, 11) is 0. The van der Waals surface area contributed by atoms with Crippen LogP contribution in [0.3, 0.4) is 0 Å². The van der Waals surface area contributed by atoms with Gasteiger partial charge in [0.25, 0.3) is 0 Å². The third kappa shape index (κ3) is 2.66. The van der Waals surface area contributed by atoms with E-state index in [0.717, 1.165) is 11.3 Å². The van der Waals surface area contributed by atoms with Crippen molar-refractivity contribution in [3.05, 3.63) is 53.5 Å². The molecule has 0 aliphatic heterocycles. The lowest BCUT2D eigenvalue weighted by Crippen LogP contribution is -1.96. The summed E-state index contributed by atoms with van der Waals surface area (Å²) in [5.74, 6) is 0.104. The molecule has 1 aromatic carbocycles. The Morgan fingerprint density at radius 3 is 2.71 bits per heavy atom. The van der Waals surface area contributed by atoms with Crippen LogP contribution in [0.2, 0.25) is 0 Å². The summed E-state index contributed by atoms with van der Waals surface area (Å²) in [6.07, 6.45) is 0.